The number of rotatable bonds is 5. The molecule has 144 valence electrons. The van der Waals surface area contributed by atoms with Crippen LogP contribution in [-0.2, 0) is 9.53 Å². The standard InChI is InChI=1S/C20H26N4O3/c1-26-13-12-23-14-20(10-8-17(23)25)9-5-11-24(15-20)19-21-18(27-22-19)16-6-3-2-4-7-16/h2-4,6-7H,5,8-15H2,1H3. The Morgan fingerprint density at radius 2 is 2.07 bits per heavy atom. The van der Waals surface area contributed by atoms with Crippen molar-refractivity contribution in [2.75, 3.05) is 44.8 Å². The highest BCUT2D eigenvalue weighted by molar-refractivity contribution is 5.77. The maximum absolute atomic E-state index is 12.3. The molecule has 2 aromatic rings. The fraction of sp³-hybridized carbons (Fsp3) is 0.550. The Morgan fingerprint density at radius 1 is 1.22 bits per heavy atom. The van der Waals surface area contributed by atoms with E-state index >= 15 is 0 Å². The first-order valence-corrected chi connectivity index (χ1v) is 9.60. The number of carbonyl (C=O) groups is 1. The van der Waals surface area contributed by atoms with Gasteiger partial charge in [-0.1, -0.05) is 18.2 Å². The van der Waals surface area contributed by atoms with E-state index in [4.69, 9.17) is 9.26 Å². The number of aromatic nitrogens is 2. The van der Waals surface area contributed by atoms with Crippen molar-refractivity contribution in [3.05, 3.63) is 30.3 Å². The van der Waals surface area contributed by atoms with Crippen molar-refractivity contribution in [1.29, 1.82) is 0 Å². The average Bonchev–Trinajstić information content (AvgIpc) is 3.20. The summed E-state index contributed by atoms with van der Waals surface area (Å²) in [6.45, 7) is 3.81. The van der Waals surface area contributed by atoms with Gasteiger partial charge in [-0.25, -0.2) is 0 Å². The summed E-state index contributed by atoms with van der Waals surface area (Å²) in [5, 5.41) is 4.22. The summed E-state index contributed by atoms with van der Waals surface area (Å²) >= 11 is 0. The molecule has 1 unspecified atom stereocenters. The van der Waals surface area contributed by atoms with Crippen molar-refractivity contribution in [1.82, 2.24) is 15.0 Å². The van der Waals surface area contributed by atoms with Crippen LogP contribution in [0.3, 0.4) is 0 Å². The quantitative estimate of drug-likeness (QED) is 0.806. The lowest BCUT2D eigenvalue weighted by Gasteiger charge is -2.47. The van der Waals surface area contributed by atoms with Gasteiger partial charge in [-0.15, -0.1) is 0 Å². The third-order valence-electron chi connectivity index (χ3n) is 5.69. The average molecular weight is 370 g/mol. The first-order valence-electron chi connectivity index (χ1n) is 9.60. The molecule has 1 aromatic carbocycles. The first-order chi connectivity index (χ1) is 13.2. The summed E-state index contributed by atoms with van der Waals surface area (Å²) in [4.78, 5) is 21.0. The Hall–Kier alpha value is -2.41. The van der Waals surface area contributed by atoms with Crippen LogP contribution in [0.1, 0.15) is 25.7 Å². The fourth-order valence-electron chi connectivity index (χ4n) is 4.26. The molecule has 2 saturated heterocycles. The molecule has 2 aliphatic heterocycles. The summed E-state index contributed by atoms with van der Waals surface area (Å²) < 4.78 is 10.7. The summed E-state index contributed by atoms with van der Waals surface area (Å²) in [6, 6.07) is 9.82. The van der Waals surface area contributed by atoms with Crippen molar-refractivity contribution in [3.63, 3.8) is 0 Å². The molecule has 0 radical (unpaired) electrons. The normalized spacial score (nSPS) is 23.2. The first kappa shape index (κ1) is 18.0. The maximum atomic E-state index is 12.3. The monoisotopic (exact) mass is 370 g/mol. The van der Waals surface area contributed by atoms with Crippen LogP contribution in [0.15, 0.2) is 34.9 Å². The van der Waals surface area contributed by atoms with Crippen molar-refractivity contribution in [3.8, 4) is 11.5 Å². The zero-order chi connectivity index (χ0) is 18.7. The summed E-state index contributed by atoms with van der Waals surface area (Å²) in [5.74, 6) is 1.43. The molecule has 1 aromatic heterocycles. The number of piperidine rings is 2. The summed E-state index contributed by atoms with van der Waals surface area (Å²) in [7, 11) is 1.67. The van der Waals surface area contributed by atoms with Gasteiger partial charge in [0, 0.05) is 50.7 Å². The number of nitrogens with zero attached hydrogens (tertiary/aromatic N) is 4. The minimum atomic E-state index is 0.105. The lowest BCUT2D eigenvalue weighted by molar-refractivity contribution is -0.138. The Morgan fingerprint density at radius 3 is 2.89 bits per heavy atom. The SMILES string of the molecule is COCCN1CC2(CCCN(c3noc(-c4ccccc4)n3)C2)CCC1=O. The number of hydrogen-bond donors (Lipinski definition) is 0. The molecule has 7 heteroatoms. The van der Waals surface area contributed by atoms with Crippen LogP contribution in [0.25, 0.3) is 11.5 Å². The van der Waals surface area contributed by atoms with Crippen molar-refractivity contribution < 1.29 is 14.1 Å². The molecule has 0 bridgehead atoms. The highest BCUT2D eigenvalue weighted by Crippen LogP contribution is 2.39. The number of likely N-dealkylation sites (tertiary alicyclic amines) is 1. The van der Waals surface area contributed by atoms with Gasteiger partial charge in [-0.05, 0) is 36.6 Å². The Labute approximate surface area is 159 Å². The van der Waals surface area contributed by atoms with Gasteiger partial charge >= 0.3 is 0 Å². The lowest BCUT2D eigenvalue weighted by Crippen LogP contribution is -2.54. The smallest absolute Gasteiger partial charge is 0.266 e. The molecule has 0 saturated carbocycles. The van der Waals surface area contributed by atoms with E-state index in [9.17, 15) is 4.79 Å². The van der Waals surface area contributed by atoms with Crippen molar-refractivity contribution in [2.45, 2.75) is 25.7 Å². The maximum Gasteiger partial charge on any atom is 0.266 e. The second kappa shape index (κ2) is 7.68. The number of anilines is 1. The largest absolute Gasteiger partial charge is 0.383 e. The topological polar surface area (TPSA) is 71.7 Å². The number of carbonyl (C=O) groups excluding carboxylic acids is 1. The molecule has 27 heavy (non-hydrogen) atoms. The molecule has 1 amide bonds. The van der Waals surface area contributed by atoms with E-state index in [0.717, 1.165) is 44.5 Å². The van der Waals surface area contributed by atoms with E-state index < -0.39 is 0 Å². The van der Waals surface area contributed by atoms with Crippen molar-refractivity contribution >= 4 is 11.9 Å². The van der Waals surface area contributed by atoms with Gasteiger partial charge in [0.1, 0.15) is 0 Å². The molecule has 2 fully saturated rings. The van der Waals surface area contributed by atoms with Gasteiger partial charge in [-0.3, -0.25) is 4.79 Å². The van der Waals surface area contributed by atoms with Crippen LogP contribution >= 0.6 is 0 Å². The van der Waals surface area contributed by atoms with Gasteiger partial charge in [-0.2, -0.15) is 4.98 Å². The number of ether oxygens (including phenoxy) is 1. The predicted octanol–water partition coefficient (Wildman–Crippen LogP) is 2.59. The van der Waals surface area contributed by atoms with E-state index in [-0.39, 0.29) is 11.3 Å². The van der Waals surface area contributed by atoms with Crippen LogP contribution in [0.5, 0.6) is 0 Å². The summed E-state index contributed by atoms with van der Waals surface area (Å²) in [5.41, 5.74) is 1.03. The van der Waals surface area contributed by atoms with Crippen LogP contribution in [-0.4, -0.2) is 60.8 Å². The molecule has 7 nitrogen and oxygen atoms in total. The summed E-state index contributed by atoms with van der Waals surface area (Å²) in [6.07, 6.45) is 3.74. The molecular weight excluding hydrogens is 344 g/mol. The van der Waals surface area contributed by atoms with E-state index in [0.29, 0.717) is 31.4 Å². The number of hydrogen-bond acceptors (Lipinski definition) is 6. The van der Waals surface area contributed by atoms with Gasteiger partial charge in [0.05, 0.1) is 6.61 Å². The van der Waals surface area contributed by atoms with Crippen molar-refractivity contribution in [2.24, 2.45) is 5.41 Å². The number of amides is 1. The highest BCUT2D eigenvalue weighted by Gasteiger charge is 2.42. The minimum absolute atomic E-state index is 0.105. The molecule has 0 N–H and O–H groups in total. The van der Waals surface area contributed by atoms with Gasteiger partial charge in [0.2, 0.25) is 5.91 Å². The minimum Gasteiger partial charge on any atom is -0.383 e. The van der Waals surface area contributed by atoms with Gasteiger partial charge in [0.25, 0.3) is 11.8 Å². The number of benzene rings is 1. The van der Waals surface area contributed by atoms with Crippen LogP contribution < -0.4 is 4.90 Å². The Balaban J connectivity index is 1.48. The van der Waals surface area contributed by atoms with E-state index in [1.165, 1.54) is 0 Å². The third kappa shape index (κ3) is 3.83. The van der Waals surface area contributed by atoms with Gasteiger partial charge < -0.3 is 19.1 Å². The molecule has 4 rings (SSSR count). The molecule has 3 heterocycles. The Bertz CT molecular complexity index is 779. The fourth-order valence-corrected chi connectivity index (χ4v) is 4.26. The second-order valence-electron chi connectivity index (χ2n) is 7.60. The number of methoxy groups -OCH3 is 1. The van der Waals surface area contributed by atoms with Crippen LogP contribution in [0.2, 0.25) is 0 Å². The molecular formula is C20H26N4O3. The molecule has 2 aliphatic rings. The third-order valence-corrected chi connectivity index (χ3v) is 5.69. The van der Waals surface area contributed by atoms with Gasteiger partial charge in [0.15, 0.2) is 0 Å². The lowest BCUT2D eigenvalue weighted by atomic mass is 9.73. The molecule has 1 spiro atoms. The predicted molar refractivity (Wildman–Crippen MR) is 101 cm³/mol. The Kier molecular flexibility index (Phi) is 5.11. The van der Waals surface area contributed by atoms with E-state index in [1.807, 2.05) is 35.2 Å². The molecule has 1 atom stereocenters. The highest BCUT2D eigenvalue weighted by atomic mass is 16.5. The van der Waals surface area contributed by atoms with E-state index in [1.54, 1.807) is 7.11 Å². The van der Waals surface area contributed by atoms with Crippen LogP contribution in [0.4, 0.5) is 5.95 Å². The molecule has 0 aliphatic carbocycles. The van der Waals surface area contributed by atoms with E-state index in [2.05, 4.69) is 15.0 Å². The zero-order valence-corrected chi connectivity index (χ0v) is 15.8. The second-order valence-corrected chi connectivity index (χ2v) is 7.60. The van der Waals surface area contributed by atoms with Crippen LogP contribution in [0, 0.1) is 5.41 Å². The zero-order valence-electron chi connectivity index (χ0n) is 15.8.